The molecule has 0 bridgehead atoms. The molecule has 7 nitrogen and oxygen atoms in total. The number of aryl methyl sites for hydroxylation is 1. The molecule has 0 radical (unpaired) electrons. The van der Waals surface area contributed by atoms with Crippen LogP contribution in [-0.4, -0.2) is 50.7 Å². The van der Waals surface area contributed by atoms with Crippen molar-refractivity contribution in [1.29, 1.82) is 0 Å². The van der Waals surface area contributed by atoms with Crippen molar-refractivity contribution in [2.45, 2.75) is 32.7 Å². The Balaban J connectivity index is 1.86. The number of hydrogen-bond acceptors (Lipinski definition) is 5. The summed E-state index contributed by atoms with van der Waals surface area (Å²) in [7, 11) is 0. The number of imidazole rings is 1. The summed E-state index contributed by atoms with van der Waals surface area (Å²) in [6.45, 7) is 3.91. The Labute approximate surface area is 140 Å². The van der Waals surface area contributed by atoms with Crippen LogP contribution in [0.1, 0.15) is 26.2 Å². The van der Waals surface area contributed by atoms with Crippen LogP contribution in [0.5, 0.6) is 0 Å². The highest BCUT2D eigenvalue weighted by molar-refractivity contribution is 7.80. The van der Waals surface area contributed by atoms with Gasteiger partial charge in [-0.1, -0.05) is 13.3 Å². The second-order valence-electron chi connectivity index (χ2n) is 5.32. The highest BCUT2D eigenvalue weighted by Crippen LogP contribution is 2.10. The van der Waals surface area contributed by atoms with E-state index in [2.05, 4.69) is 15.3 Å². The van der Waals surface area contributed by atoms with Gasteiger partial charge >= 0.3 is 0 Å². The second-order valence-corrected chi connectivity index (χ2v) is 5.71. The van der Waals surface area contributed by atoms with E-state index >= 15 is 0 Å². The molecule has 1 atom stereocenters. The predicted molar refractivity (Wildman–Crippen MR) is 91.1 cm³/mol. The van der Waals surface area contributed by atoms with E-state index in [1.54, 1.807) is 12.5 Å². The van der Waals surface area contributed by atoms with Crippen LogP contribution in [0.15, 0.2) is 23.7 Å². The SMILES string of the molecule is CCCCN1C(=O)[C@H](C=NCCCn2ccnc2)C(=O)NC1=S. The zero-order valence-electron chi connectivity index (χ0n) is 13.1. The number of nitrogens with zero attached hydrogens (tertiary/aromatic N) is 4. The molecule has 1 aromatic heterocycles. The molecule has 2 amide bonds. The first kappa shape index (κ1) is 17.3. The van der Waals surface area contributed by atoms with Gasteiger partial charge in [0.25, 0.3) is 0 Å². The van der Waals surface area contributed by atoms with Gasteiger partial charge in [-0.15, -0.1) is 0 Å². The Hall–Kier alpha value is -2.09. The molecule has 2 heterocycles. The molecule has 1 N–H and O–H groups in total. The van der Waals surface area contributed by atoms with Gasteiger partial charge in [0, 0.05) is 38.2 Å². The molecule has 0 aliphatic carbocycles. The van der Waals surface area contributed by atoms with Gasteiger partial charge in [-0.25, -0.2) is 4.98 Å². The lowest BCUT2D eigenvalue weighted by Crippen LogP contribution is -2.58. The Morgan fingerprint density at radius 2 is 2.22 bits per heavy atom. The first-order valence-electron chi connectivity index (χ1n) is 7.75. The van der Waals surface area contributed by atoms with Crippen molar-refractivity contribution in [1.82, 2.24) is 19.8 Å². The van der Waals surface area contributed by atoms with E-state index in [9.17, 15) is 9.59 Å². The summed E-state index contributed by atoms with van der Waals surface area (Å²) in [6, 6.07) is 0. The lowest BCUT2D eigenvalue weighted by molar-refractivity contribution is -0.137. The number of hydrogen-bond donors (Lipinski definition) is 1. The molecule has 8 heteroatoms. The van der Waals surface area contributed by atoms with Crippen molar-refractivity contribution < 1.29 is 9.59 Å². The van der Waals surface area contributed by atoms with E-state index in [0.717, 1.165) is 25.8 Å². The fraction of sp³-hybridized carbons (Fsp3) is 0.533. The molecule has 1 aromatic rings. The Bertz CT molecular complexity index is 585. The van der Waals surface area contributed by atoms with Gasteiger partial charge in [-0.2, -0.15) is 0 Å². The average Bonchev–Trinajstić information content (AvgIpc) is 3.03. The molecule has 1 saturated heterocycles. The normalized spacial score (nSPS) is 18.7. The summed E-state index contributed by atoms with van der Waals surface area (Å²) in [5.41, 5.74) is 0. The van der Waals surface area contributed by atoms with Crippen molar-refractivity contribution >= 4 is 35.4 Å². The molecule has 1 fully saturated rings. The first-order valence-corrected chi connectivity index (χ1v) is 8.16. The van der Waals surface area contributed by atoms with Crippen LogP contribution < -0.4 is 5.32 Å². The smallest absolute Gasteiger partial charge is 0.246 e. The maximum absolute atomic E-state index is 12.4. The van der Waals surface area contributed by atoms with Crippen molar-refractivity contribution in [3.05, 3.63) is 18.7 Å². The zero-order valence-corrected chi connectivity index (χ0v) is 14.0. The largest absolute Gasteiger partial charge is 0.337 e. The number of thiocarbonyl (C=S) groups is 1. The zero-order chi connectivity index (χ0) is 16.7. The van der Waals surface area contributed by atoms with Gasteiger partial charge in [0.15, 0.2) is 11.0 Å². The monoisotopic (exact) mass is 335 g/mol. The fourth-order valence-corrected chi connectivity index (χ4v) is 2.52. The lowest BCUT2D eigenvalue weighted by atomic mass is 10.1. The Morgan fingerprint density at radius 1 is 1.39 bits per heavy atom. The number of aromatic nitrogens is 2. The lowest BCUT2D eigenvalue weighted by Gasteiger charge is -2.30. The van der Waals surface area contributed by atoms with Gasteiger partial charge in [-0.05, 0) is 25.1 Å². The number of unbranched alkanes of at least 4 members (excludes halogenated alkanes) is 1. The summed E-state index contributed by atoms with van der Waals surface area (Å²) in [5.74, 6) is -1.57. The van der Waals surface area contributed by atoms with Crippen LogP contribution in [0.3, 0.4) is 0 Å². The molecular formula is C15H21N5O2S. The van der Waals surface area contributed by atoms with Crippen LogP contribution in [0.4, 0.5) is 0 Å². The van der Waals surface area contributed by atoms with Gasteiger partial charge in [0.2, 0.25) is 11.8 Å². The predicted octanol–water partition coefficient (Wildman–Crippen LogP) is 1.00. The van der Waals surface area contributed by atoms with E-state index in [-0.39, 0.29) is 11.0 Å². The van der Waals surface area contributed by atoms with Crippen LogP contribution in [0, 0.1) is 5.92 Å². The number of rotatable bonds is 8. The molecule has 1 aliphatic heterocycles. The van der Waals surface area contributed by atoms with Crippen molar-refractivity contribution in [2.75, 3.05) is 13.1 Å². The minimum Gasteiger partial charge on any atom is -0.337 e. The quantitative estimate of drug-likeness (QED) is 0.333. The van der Waals surface area contributed by atoms with E-state index < -0.39 is 11.8 Å². The van der Waals surface area contributed by atoms with Crippen LogP contribution in [0.25, 0.3) is 0 Å². The van der Waals surface area contributed by atoms with Crippen molar-refractivity contribution in [3.63, 3.8) is 0 Å². The number of carbonyl (C=O) groups is 2. The van der Waals surface area contributed by atoms with Gasteiger partial charge in [0.05, 0.1) is 6.33 Å². The molecule has 1 aliphatic rings. The van der Waals surface area contributed by atoms with Crippen LogP contribution in [0.2, 0.25) is 0 Å². The van der Waals surface area contributed by atoms with Gasteiger partial charge in [0.1, 0.15) is 0 Å². The molecule has 23 heavy (non-hydrogen) atoms. The average molecular weight is 335 g/mol. The van der Waals surface area contributed by atoms with E-state index in [1.165, 1.54) is 11.1 Å². The van der Waals surface area contributed by atoms with Crippen LogP contribution >= 0.6 is 12.2 Å². The molecule has 124 valence electrons. The summed E-state index contributed by atoms with van der Waals surface area (Å²) in [4.78, 5) is 34.0. The van der Waals surface area contributed by atoms with E-state index in [4.69, 9.17) is 12.2 Å². The van der Waals surface area contributed by atoms with E-state index in [1.807, 2.05) is 17.7 Å². The number of aliphatic imine (C=N–C) groups is 1. The van der Waals surface area contributed by atoms with Gasteiger partial charge < -0.3 is 9.88 Å². The number of amides is 2. The summed E-state index contributed by atoms with van der Waals surface area (Å²) >= 11 is 5.07. The summed E-state index contributed by atoms with van der Waals surface area (Å²) in [5, 5.41) is 2.77. The van der Waals surface area contributed by atoms with Crippen LogP contribution in [-0.2, 0) is 16.1 Å². The summed E-state index contributed by atoms with van der Waals surface area (Å²) < 4.78 is 1.96. The third-order valence-electron chi connectivity index (χ3n) is 3.54. The molecule has 0 saturated carbocycles. The fourth-order valence-electron chi connectivity index (χ4n) is 2.23. The molecule has 2 rings (SSSR count). The number of carbonyl (C=O) groups excluding carboxylic acids is 2. The third kappa shape index (κ3) is 4.69. The maximum atomic E-state index is 12.4. The highest BCUT2D eigenvalue weighted by atomic mass is 32.1. The van der Waals surface area contributed by atoms with E-state index in [0.29, 0.717) is 13.1 Å². The minimum absolute atomic E-state index is 0.193. The van der Waals surface area contributed by atoms with Crippen molar-refractivity contribution in [2.24, 2.45) is 10.9 Å². The maximum Gasteiger partial charge on any atom is 0.246 e. The number of nitrogens with one attached hydrogen (secondary N) is 1. The Kier molecular flexibility index (Phi) is 6.40. The molecule has 0 spiro atoms. The molecule has 0 unspecified atom stereocenters. The minimum atomic E-state index is -0.883. The molecule has 0 aromatic carbocycles. The first-order chi connectivity index (χ1) is 11.1. The third-order valence-corrected chi connectivity index (χ3v) is 3.86. The van der Waals surface area contributed by atoms with Crippen molar-refractivity contribution in [3.8, 4) is 0 Å². The Morgan fingerprint density at radius 3 is 2.91 bits per heavy atom. The molecular weight excluding hydrogens is 314 g/mol. The standard InChI is InChI=1S/C15H21N5O2S/c1-2-3-8-20-14(22)12(13(21)18-15(20)23)10-16-5-4-7-19-9-6-17-11-19/h6,9-12H,2-5,7-8H2,1H3,(H,18,21,23)/t12-/m1/s1. The second kappa shape index (κ2) is 8.52. The topological polar surface area (TPSA) is 79.6 Å². The highest BCUT2D eigenvalue weighted by Gasteiger charge is 2.36. The summed E-state index contributed by atoms with van der Waals surface area (Å²) in [6.07, 6.45) is 9.40. The van der Waals surface area contributed by atoms with Gasteiger partial charge in [-0.3, -0.25) is 19.5 Å².